The molecule has 240 valence electrons. The molecule has 2 amide bonds. The maximum absolute atomic E-state index is 14.2. The van der Waals surface area contributed by atoms with Crippen LogP contribution in [-0.4, -0.2) is 43.8 Å². The summed E-state index contributed by atoms with van der Waals surface area (Å²) in [5.41, 5.74) is 1.10. The summed E-state index contributed by atoms with van der Waals surface area (Å²) in [6.45, 7) is 1.31. The van der Waals surface area contributed by atoms with Crippen LogP contribution in [-0.2, 0) is 26.2 Å². The minimum Gasteiger partial charge on any atom is -0.457 e. The van der Waals surface area contributed by atoms with Gasteiger partial charge >= 0.3 is 0 Å². The lowest BCUT2D eigenvalue weighted by Gasteiger charge is -2.33. The highest BCUT2D eigenvalue weighted by molar-refractivity contribution is 9.10. The lowest BCUT2D eigenvalue weighted by atomic mass is 9.95. The van der Waals surface area contributed by atoms with Gasteiger partial charge in [0.25, 0.3) is 10.0 Å². The average Bonchev–Trinajstić information content (AvgIpc) is 3.07. The number of carbonyl (C=O) groups is 2. The summed E-state index contributed by atoms with van der Waals surface area (Å²) in [6, 6.07) is 30.6. The van der Waals surface area contributed by atoms with Crippen LogP contribution in [0.2, 0.25) is 0 Å². The summed E-state index contributed by atoms with van der Waals surface area (Å²) in [6.07, 6.45) is 5.08. The molecule has 0 aromatic heterocycles. The smallest absolute Gasteiger partial charge is 0.264 e. The fraction of sp³-hybridized carbons (Fsp3) is 0.278. The summed E-state index contributed by atoms with van der Waals surface area (Å²) in [5.74, 6) is 0.399. The minimum absolute atomic E-state index is 0.0500. The Balaban J connectivity index is 1.45. The van der Waals surface area contributed by atoms with Crippen molar-refractivity contribution in [2.24, 2.45) is 0 Å². The van der Waals surface area contributed by atoms with Crippen molar-refractivity contribution in [2.75, 3.05) is 10.8 Å². The van der Waals surface area contributed by atoms with Crippen LogP contribution in [0.15, 0.2) is 119 Å². The molecule has 1 N–H and O–H groups in total. The predicted molar refractivity (Wildman–Crippen MR) is 183 cm³/mol. The summed E-state index contributed by atoms with van der Waals surface area (Å²) in [5, 5.41) is 3.13. The lowest BCUT2D eigenvalue weighted by Crippen LogP contribution is -2.53. The van der Waals surface area contributed by atoms with Gasteiger partial charge in [0.1, 0.15) is 24.1 Å². The molecule has 0 radical (unpaired) electrons. The molecule has 0 spiro atoms. The van der Waals surface area contributed by atoms with Crippen molar-refractivity contribution in [3.05, 3.63) is 119 Å². The van der Waals surface area contributed by atoms with Gasteiger partial charge in [-0.25, -0.2) is 8.42 Å². The third-order valence-corrected chi connectivity index (χ3v) is 10.4. The number of amides is 2. The molecule has 0 aliphatic heterocycles. The number of rotatable bonds is 12. The maximum atomic E-state index is 14.2. The van der Waals surface area contributed by atoms with Crippen molar-refractivity contribution < 1.29 is 22.7 Å². The van der Waals surface area contributed by atoms with Gasteiger partial charge in [-0.15, -0.1) is 0 Å². The highest BCUT2D eigenvalue weighted by Crippen LogP contribution is 2.29. The van der Waals surface area contributed by atoms with E-state index in [0.29, 0.717) is 17.2 Å². The van der Waals surface area contributed by atoms with Gasteiger partial charge in [0.2, 0.25) is 11.8 Å². The second kappa shape index (κ2) is 15.4. The fourth-order valence-electron chi connectivity index (χ4n) is 5.54. The van der Waals surface area contributed by atoms with Crippen molar-refractivity contribution in [3.8, 4) is 11.5 Å². The molecule has 1 atom stereocenters. The van der Waals surface area contributed by atoms with Crippen molar-refractivity contribution in [1.82, 2.24) is 10.2 Å². The minimum atomic E-state index is -4.17. The third kappa shape index (κ3) is 8.55. The fourth-order valence-corrected chi connectivity index (χ4v) is 7.42. The van der Waals surface area contributed by atoms with Gasteiger partial charge in [0.05, 0.1) is 10.6 Å². The van der Waals surface area contributed by atoms with Gasteiger partial charge in [0.15, 0.2) is 0 Å². The van der Waals surface area contributed by atoms with Gasteiger partial charge in [-0.3, -0.25) is 13.9 Å². The molecule has 0 bridgehead atoms. The normalized spacial score (nSPS) is 14.2. The van der Waals surface area contributed by atoms with E-state index in [1.807, 2.05) is 54.6 Å². The number of carbonyl (C=O) groups excluding carboxylic acids is 2. The SMILES string of the molecule is C[C@H](C(=O)NC1CCCCC1)N(Cc1cccc(Br)c1)C(=O)CN(c1ccc(Oc2ccccc2)cc1)S(=O)(=O)c1ccccc1. The molecule has 1 aliphatic rings. The Bertz CT molecular complexity index is 1710. The monoisotopic (exact) mass is 703 g/mol. The van der Waals surface area contributed by atoms with Gasteiger partial charge in [-0.1, -0.05) is 83.7 Å². The quantitative estimate of drug-likeness (QED) is 0.167. The van der Waals surface area contributed by atoms with E-state index in [1.165, 1.54) is 17.0 Å². The third-order valence-electron chi connectivity index (χ3n) is 8.07. The molecule has 5 rings (SSSR count). The second-order valence-corrected chi connectivity index (χ2v) is 14.2. The first-order valence-electron chi connectivity index (χ1n) is 15.5. The zero-order valence-corrected chi connectivity index (χ0v) is 28.1. The Hall–Kier alpha value is -4.15. The lowest BCUT2D eigenvalue weighted by molar-refractivity contribution is -0.139. The molecule has 46 heavy (non-hydrogen) atoms. The van der Waals surface area contributed by atoms with Crippen LogP contribution in [0.4, 0.5) is 5.69 Å². The number of hydrogen-bond donors (Lipinski definition) is 1. The molecular formula is C36H38BrN3O5S. The molecule has 4 aromatic rings. The number of anilines is 1. The molecule has 10 heteroatoms. The molecule has 0 heterocycles. The Kier molecular flexibility index (Phi) is 11.1. The largest absolute Gasteiger partial charge is 0.457 e. The summed E-state index contributed by atoms with van der Waals surface area (Å²) in [7, 11) is -4.17. The van der Waals surface area contributed by atoms with E-state index in [-0.39, 0.29) is 23.4 Å². The number of hydrogen-bond acceptors (Lipinski definition) is 5. The van der Waals surface area contributed by atoms with E-state index >= 15 is 0 Å². The van der Waals surface area contributed by atoms with E-state index < -0.39 is 28.5 Å². The number of benzene rings is 4. The van der Waals surface area contributed by atoms with E-state index in [2.05, 4.69) is 21.2 Å². The average molecular weight is 705 g/mol. The van der Waals surface area contributed by atoms with Gasteiger partial charge in [0, 0.05) is 17.1 Å². The van der Waals surface area contributed by atoms with Crippen LogP contribution >= 0.6 is 15.9 Å². The van der Waals surface area contributed by atoms with Crippen LogP contribution in [0, 0.1) is 0 Å². The summed E-state index contributed by atoms with van der Waals surface area (Å²) < 4.78 is 36.0. The number of nitrogens with one attached hydrogen (secondary N) is 1. The summed E-state index contributed by atoms with van der Waals surface area (Å²) in [4.78, 5) is 29.3. The first-order chi connectivity index (χ1) is 22.2. The van der Waals surface area contributed by atoms with Crippen molar-refractivity contribution in [1.29, 1.82) is 0 Å². The van der Waals surface area contributed by atoms with Gasteiger partial charge < -0.3 is 15.0 Å². The number of sulfonamides is 1. The zero-order valence-electron chi connectivity index (χ0n) is 25.7. The van der Waals surface area contributed by atoms with E-state index in [1.54, 1.807) is 49.4 Å². The number of para-hydroxylation sites is 1. The van der Waals surface area contributed by atoms with Crippen LogP contribution in [0.5, 0.6) is 11.5 Å². The highest BCUT2D eigenvalue weighted by atomic mass is 79.9. The Morgan fingerprint density at radius 1 is 0.848 bits per heavy atom. The first kappa shape index (κ1) is 33.2. The van der Waals surface area contributed by atoms with Crippen molar-refractivity contribution in [3.63, 3.8) is 0 Å². The van der Waals surface area contributed by atoms with E-state index in [0.717, 1.165) is 46.4 Å². The number of nitrogens with zero attached hydrogens (tertiary/aromatic N) is 2. The molecule has 8 nitrogen and oxygen atoms in total. The van der Waals surface area contributed by atoms with Gasteiger partial charge in [-0.2, -0.15) is 0 Å². The molecule has 1 saturated carbocycles. The Morgan fingerprint density at radius 2 is 1.48 bits per heavy atom. The van der Waals surface area contributed by atoms with Crippen LogP contribution in [0.1, 0.15) is 44.6 Å². The molecule has 0 saturated heterocycles. The van der Waals surface area contributed by atoms with Crippen LogP contribution in [0.25, 0.3) is 0 Å². The standard InChI is InChI=1S/C36H38BrN3O5S/c1-27(36(42)38-30-14-5-2-6-15-30)39(25-28-12-11-13-29(37)24-28)35(41)26-40(46(43,44)34-18-9-4-10-19-34)31-20-22-33(23-21-31)45-32-16-7-3-8-17-32/h3-4,7-13,16-24,27,30H,2,5-6,14-15,25-26H2,1H3,(H,38,42)/t27-/m1/s1. The predicted octanol–water partition coefficient (Wildman–Crippen LogP) is 7.30. The Labute approximate surface area is 279 Å². The first-order valence-corrected chi connectivity index (χ1v) is 17.7. The second-order valence-electron chi connectivity index (χ2n) is 11.4. The zero-order chi connectivity index (χ0) is 32.5. The number of halogens is 1. The highest BCUT2D eigenvalue weighted by Gasteiger charge is 2.33. The molecule has 4 aromatic carbocycles. The topological polar surface area (TPSA) is 96.0 Å². The Morgan fingerprint density at radius 3 is 2.13 bits per heavy atom. The molecular weight excluding hydrogens is 666 g/mol. The number of ether oxygens (including phenoxy) is 1. The van der Waals surface area contributed by atoms with Crippen LogP contribution < -0.4 is 14.4 Å². The van der Waals surface area contributed by atoms with E-state index in [9.17, 15) is 18.0 Å². The van der Waals surface area contributed by atoms with Gasteiger partial charge in [-0.05, 0) is 86.0 Å². The maximum Gasteiger partial charge on any atom is 0.264 e. The van der Waals surface area contributed by atoms with E-state index in [4.69, 9.17) is 4.74 Å². The molecule has 1 fully saturated rings. The van der Waals surface area contributed by atoms with Crippen molar-refractivity contribution in [2.45, 2.75) is 62.6 Å². The molecule has 0 unspecified atom stereocenters. The molecule has 1 aliphatic carbocycles. The summed E-state index contributed by atoms with van der Waals surface area (Å²) >= 11 is 3.49. The van der Waals surface area contributed by atoms with Crippen LogP contribution in [0.3, 0.4) is 0 Å². The van der Waals surface area contributed by atoms with Crippen molar-refractivity contribution >= 4 is 43.5 Å².